The van der Waals surface area contributed by atoms with Crippen molar-refractivity contribution in [1.29, 1.82) is 0 Å². The second-order valence-corrected chi connectivity index (χ2v) is 12.7. The minimum absolute atomic E-state index is 0.0121. The highest BCUT2D eigenvalue weighted by atomic mass is 32.2. The van der Waals surface area contributed by atoms with Crippen LogP contribution in [-0.4, -0.2) is 166 Å². The maximum absolute atomic E-state index is 12.1. The number of esters is 1. The number of Topliss-reactive ketones (excluding diaryl/α,β-unsaturated/α-hetero) is 1. The lowest BCUT2D eigenvalue weighted by Gasteiger charge is -2.09. The summed E-state index contributed by atoms with van der Waals surface area (Å²) in [6, 6.07) is 14.7. The Labute approximate surface area is 318 Å². The van der Waals surface area contributed by atoms with Crippen LogP contribution in [-0.2, 0) is 71.2 Å². The van der Waals surface area contributed by atoms with Gasteiger partial charge in [-0.25, -0.2) is 4.79 Å². The number of rotatable bonds is 37. The summed E-state index contributed by atoms with van der Waals surface area (Å²) in [4.78, 5) is 23.8. The van der Waals surface area contributed by atoms with E-state index in [2.05, 4.69) is 0 Å². The summed E-state index contributed by atoms with van der Waals surface area (Å²) in [5.41, 5.74) is 1.26. The topological polar surface area (TPSA) is 179 Å². The molecule has 0 aliphatic heterocycles. The molecule has 0 saturated carbocycles. The minimum Gasteiger partial charge on any atom is -0.457 e. The number of ketones is 1. The monoisotopic (exact) mass is 788 g/mol. The molecule has 0 fully saturated rings. The fourth-order valence-corrected chi connectivity index (χ4v) is 4.92. The zero-order chi connectivity index (χ0) is 38.8. The predicted molar refractivity (Wildman–Crippen MR) is 194 cm³/mol. The number of hydrogen-bond donors (Lipinski definition) is 0. The highest BCUT2D eigenvalue weighted by Gasteiger charge is 2.17. The lowest BCUT2D eigenvalue weighted by molar-refractivity contribution is -0.139. The van der Waals surface area contributed by atoms with Gasteiger partial charge in [-0.15, -0.1) is 0 Å². The van der Waals surface area contributed by atoms with Crippen molar-refractivity contribution in [2.24, 2.45) is 0 Å². The molecule has 2 aromatic rings. The van der Waals surface area contributed by atoms with Gasteiger partial charge in [0.05, 0.1) is 144 Å². The van der Waals surface area contributed by atoms with Gasteiger partial charge in [-0.2, -0.15) is 8.42 Å². The molecule has 17 heteroatoms. The Morgan fingerprint density at radius 2 is 0.741 bits per heavy atom. The van der Waals surface area contributed by atoms with Gasteiger partial charge in [-0.1, -0.05) is 48.0 Å². The van der Waals surface area contributed by atoms with Crippen molar-refractivity contribution < 1.29 is 74.3 Å². The molecule has 0 amide bonds. The summed E-state index contributed by atoms with van der Waals surface area (Å²) in [5, 5.41) is 0. The molecule has 0 aromatic heterocycles. The maximum Gasteiger partial charge on any atom is 0.379 e. The molecule has 0 N–H and O–H groups in total. The van der Waals surface area contributed by atoms with Gasteiger partial charge in [-0.3, -0.25) is 8.98 Å². The van der Waals surface area contributed by atoms with E-state index in [1.165, 1.54) is 12.1 Å². The Bertz CT molecular complexity index is 1310. The summed E-state index contributed by atoms with van der Waals surface area (Å²) in [6.07, 6.45) is 0. The van der Waals surface area contributed by atoms with Crippen LogP contribution in [0.1, 0.15) is 15.9 Å². The highest BCUT2D eigenvalue weighted by Crippen LogP contribution is 2.13. The summed E-state index contributed by atoms with van der Waals surface area (Å²) in [6.45, 7) is 9.63. The molecule has 0 bridgehead atoms. The fourth-order valence-electron chi connectivity index (χ4n) is 4.02. The number of carbonyl (C=O) groups excluding carboxylic acids is 2. The van der Waals surface area contributed by atoms with Crippen LogP contribution in [0.4, 0.5) is 0 Å². The van der Waals surface area contributed by atoms with E-state index < -0.39 is 21.9 Å². The smallest absolute Gasteiger partial charge is 0.379 e. The predicted octanol–water partition coefficient (Wildman–Crippen LogP) is 2.29. The van der Waals surface area contributed by atoms with Crippen molar-refractivity contribution in [3.8, 4) is 0 Å². The van der Waals surface area contributed by atoms with E-state index in [-0.39, 0.29) is 36.9 Å². The second-order valence-electron chi connectivity index (χ2n) is 11.0. The van der Waals surface area contributed by atoms with Gasteiger partial charge in [0, 0.05) is 5.56 Å². The second kappa shape index (κ2) is 32.3. The Morgan fingerprint density at radius 1 is 0.426 bits per heavy atom. The fraction of sp³-hybridized carbons (Fsp3) is 0.622. The first kappa shape index (κ1) is 47.2. The molecule has 0 heterocycles. The lowest BCUT2D eigenvalue weighted by atomic mass is 10.1. The van der Waals surface area contributed by atoms with Gasteiger partial charge >= 0.3 is 5.97 Å². The summed E-state index contributed by atoms with van der Waals surface area (Å²) >= 11 is 0. The molecule has 306 valence electrons. The average Bonchev–Trinajstić information content (AvgIpc) is 3.18. The summed E-state index contributed by atoms with van der Waals surface area (Å²) in [7, 11) is -3.78. The molecule has 0 aliphatic rings. The van der Waals surface area contributed by atoms with Crippen molar-refractivity contribution >= 4 is 21.9 Å². The Kier molecular flexibility index (Phi) is 28.3. The van der Waals surface area contributed by atoms with Gasteiger partial charge in [0.15, 0.2) is 0 Å². The van der Waals surface area contributed by atoms with Crippen LogP contribution in [0.3, 0.4) is 0 Å². The highest BCUT2D eigenvalue weighted by molar-refractivity contribution is 7.86. The van der Waals surface area contributed by atoms with E-state index >= 15 is 0 Å². The van der Waals surface area contributed by atoms with Gasteiger partial charge in [0.1, 0.15) is 6.61 Å². The Hall–Kier alpha value is -2.91. The van der Waals surface area contributed by atoms with Crippen molar-refractivity contribution in [3.05, 3.63) is 65.7 Å². The SMILES string of the molecule is Cc1ccc(S(=O)(=O)OCCOCCOCCOCCOCCOCCOCCOCCOCCOCCOCCOC(=O)C(=O)c2ccccc2)cc1. The van der Waals surface area contributed by atoms with Crippen molar-refractivity contribution in [2.75, 3.05) is 145 Å². The van der Waals surface area contributed by atoms with Crippen LogP contribution in [0, 0.1) is 6.92 Å². The number of ether oxygens (including phenoxy) is 11. The third-order valence-electron chi connectivity index (χ3n) is 6.81. The van der Waals surface area contributed by atoms with Crippen molar-refractivity contribution in [1.82, 2.24) is 0 Å². The first-order valence-electron chi connectivity index (χ1n) is 17.9. The van der Waals surface area contributed by atoms with Crippen molar-refractivity contribution in [3.63, 3.8) is 0 Å². The molecule has 0 aliphatic carbocycles. The quantitative estimate of drug-likeness (QED) is 0.0320. The first-order chi connectivity index (χ1) is 26.4. The molecule has 2 aromatic carbocycles. The molecule has 0 atom stereocenters. The van der Waals surface area contributed by atoms with E-state index in [1.54, 1.807) is 42.5 Å². The largest absolute Gasteiger partial charge is 0.457 e. The van der Waals surface area contributed by atoms with E-state index in [1.807, 2.05) is 6.92 Å². The Morgan fingerprint density at radius 3 is 1.09 bits per heavy atom. The molecule has 16 nitrogen and oxygen atoms in total. The van der Waals surface area contributed by atoms with Crippen LogP contribution in [0.5, 0.6) is 0 Å². The van der Waals surface area contributed by atoms with E-state index in [4.69, 9.17) is 56.3 Å². The normalized spacial score (nSPS) is 11.6. The van der Waals surface area contributed by atoms with Gasteiger partial charge in [0.2, 0.25) is 0 Å². The third kappa shape index (κ3) is 25.2. The van der Waals surface area contributed by atoms with Crippen LogP contribution in [0.25, 0.3) is 0 Å². The maximum atomic E-state index is 12.1. The molecule has 0 spiro atoms. The van der Waals surface area contributed by atoms with Crippen LogP contribution in [0.15, 0.2) is 59.5 Å². The summed E-state index contributed by atoms with van der Waals surface area (Å²) < 4.78 is 88.3. The van der Waals surface area contributed by atoms with E-state index in [0.29, 0.717) is 119 Å². The molecule has 2 rings (SSSR count). The number of benzene rings is 2. The Balaban J connectivity index is 1.18. The van der Waals surface area contributed by atoms with E-state index in [9.17, 15) is 18.0 Å². The van der Waals surface area contributed by atoms with E-state index in [0.717, 1.165) is 5.56 Å². The van der Waals surface area contributed by atoms with Gasteiger partial charge in [0.25, 0.3) is 15.9 Å². The number of hydrogen-bond acceptors (Lipinski definition) is 16. The summed E-state index contributed by atoms with van der Waals surface area (Å²) in [5.74, 6) is -1.59. The molecule has 0 radical (unpaired) electrons. The standard InChI is InChI=1S/C37H56O16S/c1-33-7-9-35(10-8-33)54(40,41)53-32-30-51-28-26-49-24-22-47-20-18-45-16-14-43-12-11-42-13-15-44-17-19-46-21-23-48-25-27-50-29-31-52-37(39)36(38)34-5-3-2-4-6-34/h2-10H,11-32H2,1H3. The van der Waals surface area contributed by atoms with Crippen molar-refractivity contribution in [2.45, 2.75) is 11.8 Å². The van der Waals surface area contributed by atoms with Crippen LogP contribution in [0.2, 0.25) is 0 Å². The van der Waals surface area contributed by atoms with Crippen LogP contribution >= 0.6 is 0 Å². The first-order valence-corrected chi connectivity index (χ1v) is 19.3. The molecular weight excluding hydrogens is 732 g/mol. The minimum atomic E-state index is -3.78. The molecule has 54 heavy (non-hydrogen) atoms. The zero-order valence-corrected chi connectivity index (χ0v) is 32.0. The average molecular weight is 789 g/mol. The van der Waals surface area contributed by atoms with Gasteiger partial charge in [-0.05, 0) is 19.1 Å². The number of carbonyl (C=O) groups is 2. The molecule has 0 unspecified atom stereocenters. The third-order valence-corrected chi connectivity index (χ3v) is 8.13. The number of aryl methyl sites for hydroxylation is 1. The lowest BCUT2D eigenvalue weighted by Crippen LogP contribution is -2.20. The zero-order valence-electron chi connectivity index (χ0n) is 31.2. The van der Waals surface area contributed by atoms with Crippen LogP contribution < -0.4 is 0 Å². The molecule has 0 saturated heterocycles. The van der Waals surface area contributed by atoms with Gasteiger partial charge < -0.3 is 52.1 Å². The molecular formula is C37H56O16S.